The van der Waals surface area contributed by atoms with Crippen LogP contribution in [0.2, 0.25) is 0 Å². The van der Waals surface area contributed by atoms with Gasteiger partial charge in [0.1, 0.15) is 0 Å². The van der Waals surface area contributed by atoms with Crippen molar-refractivity contribution in [3.8, 4) is 0 Å². The molecule has 4 rings (SSSR count). The second kappa shape index (κ2) is 10.8. The van der Waals surface area contributed by atoms with Crippen molar-refractivity contribution in [2.75, 3.05) is 44.2 Å². The van der Waals surface area contributed by atoms with Crippen LogP contribution in [0.25, 0.3) is 0 Å². The third kappa shape index (κ3) is 5.73. The fourth-order valence-electron chi connectivity index (χ4n) is 4.13. The Morgan fingerprint density at radius 3 is 2.29 bits per heavy atom. The van der Waals surface area contributed by atoms with Gasteiger partial charge in [-0.2, -0.15) is 5.10 Å². The first kappa shape index (κ1) is 21.1. The number of anilines is 1. The molecule has 1 aliphatic heterocycles. The average Bonchev–Trinajstić information content (AvgIpc) is 3.35. The minimum absolute atomic E-state index is 0.00799. The van der Waals surface area contributed by atoms with Crippen LogP contribution in [-0.4, -0.2) is 59.9 Å². The Labute approximate surface area is 184 Å². The van der Waals surface area contributed by atoms with Crippen molar-refractivity contribution in [3.05, 3.63) is 84.7 Å². The quantitative estimate of drug-likeness (QED) is 0.544. The van der Waals surface area contributed by atoms with E-state index in [9.17, 15) is 4.79 Å². The topological polar surface area (TPSA) is 53.4 Å². The Hall–Kier alpha value is -3.12. The molecule has 0 saturated carbocycles. The molecule has 0 radical (unpaired) electrons. The van der Waals surface area contributed by atoms with Crippen LogP contribution in [-0.2, 0) is 4.79 Å². The van der Waals surface area contributed by atoms with Crippen molar-refractivity contribution < 1.29 is 4.79 Å². The van der Waals surface area contributed by atoms with E-state index in [2.05, 4.69) is 50.5 Å². The van der Waals surface area contributed by atoms with E-state index in [-0.39, 0.29) is 5.91 Å². The maximum absolute atomic E-state index is 12.9. The van der Waals surface area contributed by atoms with Gasteiger partial charge in [0.15, 0.2) is 6.04 Å². The monoisotopic (exact) mass is 417 g/mol. The van der Waals surface area contributed by atoms with Crippen molar-refractivity contribution in [2.24, 2.45) is 0 Å². The Kier molecular flexibility index (Phi) is 7.34. The SMILES string of the molecule is O=C(NCCCCN1CCN(c2ccccc2)CC1)C(c1ccccc1)n1cccn1. The van der Waals surface area contributed by atoms with E-state index in [1.807, 2.05) is 42.6 Å². The van der Waals surface area contributed by atoms with Crippen LogP contribution < -0.4 is 10.2 Å². The molecule has 6 heteroatoms. The summed E-state index contributed by atoms with van der Waals surface area (Å²) in [4.78, 5) is 17.9. The van der Waals surface area contributed by atoms with Crippen LogP contribution in [0, 0.1) is 0 Å². The number of hydrogen-bond donors (Lipinski definition) is 1. The summed E-state index contributed by atoms with van der Waals surface area (Å²) in [5, 5.41) is 7.40. The first-order chi connectivity index (χ1) is 15.3. The summed E-state index contributed by atoms with van der Waals surface area (Å²) < 4.78 is 1.72. The van der Waals surface area contributed by atoms with Crippen LogP contribution >= 0.6 is 0 Å². The average molecular weight is 418 g/mol. The summed E-state index contributed by atoms with van der Waals surface area (Å²) in [6.45, 7) is 6.10. The lowest BCUT2D eigenvalue weighted by Gasteiger charge is -2.36. The maximum atomic E-state index is 12.9. The zero-order chi connectivity index (χ0) is 21.3. The number of hydrogen-bond acceptors (Lipinski definition) is 4. The molecule has 1 saturated heterocycles. The van der Waals surface area contributed by atoms with E-state index in [1.165, 1.54) is 5.69 Å². The number of carbonyl (C=O) groups excluding carboxylic acids is 1. The van der Waals surface area contributed by atoms with Gasteiger partial charge in [0, 0.05) is 50.8 Å². The third-order valence-electron chi connectivity index (χ3n) is 5.85. The molecule has 2 heterocycles. The summed E-state index contributed by atoms with van der Waals surface area (Å²) in [5.74, 6) is -0.00799. The van der Waals surface area contributed by atoms with E-state index >= 15 is 0 Å². The van der Waals surface area contributed by atoms with E-state index in [0.29, 0.717) is 6.54 Å². The highest BCUT2D eigenvalue weighted by molar-refractivity contribution is 5.83. The molecule has 162 valence electrons. The lowest BCUT2D eigenvalue weighted by Crippen LogP contribution is -2.46. The Balaban J connectivity index is 1.18. The zero-order valence-corrected chi connectivity index (χ0v) is 17.9. The first-order valence-corrected chi connectivity index (χ1v) is 11.2. The molecule has 1 N–H and O–H groups in total. The van der Waals surface area contributed by atoms with Crippen LogP contribution in [0.1, 0.15) is 24.4 Å². The smallest absolute Gasteiger partial charge is 0.249 e. The molecule has 2 aromatic carbocycles. The van der Waals surface area contributed by atoms with Gasteiger partial charge in [0.25, 0.3) is 0 Å². The van der Waals surface area contributed by atoms with Crippen LogP contribution in [0.4, 0.5) is 5.69 Å². The van der Waals surface area contributed by atoms with Crippen LogP contribution in [0.15, 0.2) is 79.1 Å². The molecule has 1 aromatic heterocycles. The largest absolute Gasteiger partial charge is 0.369 e. The molecule has 3 aromatic rings. The number of carbonyl (C=O) groups is 1. The lowest BCUT2D eigenvalue weighted by molar-refractivity contribution is -0.123. The summed E-state index contributed by atoms with van der Waals surface area (Å²) >= 11 is 0. The fraction of sp³-hybridized carbons (Fsp3) is 0.360. The van der Waals surface area contributed by atoms with Gasteiger partial charge in [0.2, 0.25) is 5.91 Å². The number of rotatable bonds is 9. The molecule has 31 heavy (non-hydrogen) atoms. The van der Waals surface area contributed by atoms with Crippen molar-refractivity contribution in [1.29, 1.82) is 0 Å². The van der Waals surface area contributed by atoms with Crippen LogP contribution in [0.5, 0.6) is 0 Å². The summed E-state index contributed by atoms with van der Waals surface area (Å²) in [5.41, 5.74) is 2.26. The number of amides is 1. The van der Waals surface area contributed by atoms with Gasteiger partial charge in [-0.15, -0.1) is 0 Å². The zero-order valence-electron chi connectivity index (χ0n) is 17.9. The molecule has 1 unspecified atom stereocenters. The second-order valence-corrected chi connectivity index (χ2v) is 7.96. The molecule has 1 fully saturated rings. The molecule has 0 spiro atoms. The molecule has 1 atom stereocenters. The maximum Gasteiger partial charge on any atom is 0.249 e. The molecule has 1 aliphatic rings. The van der Waals surface area contributed by atoms with E-state index in [0.717, 1.165) is 51.1 Å². The highest BCUT2D eigenvalue weighted by Crippen LogP contribution is 2.18. The predicted molar refractivity (Wildman–Crippen MR) is 124 cm³/mol. The van der Waals surface area contributed by atoms with Gasteiger partial charge < -0.3 is 10.2 Å². The first-order valence-electron chi connectivity index (χ1n) is 11.2. The Morgan fingerprint density at radius 2 is 1.61 bits per heavy atom. The number of aromatic nitrogens is 2. The van der Waals surface area contributed by atoms with Gasteiger partial charge in [-0.25, -0.2) is 0 Å². The van der Waals surface area contributed by atoms with Gasteiger partial charge in [-0.05, 0) is 43.1 Å². The number of nitrogens with one attached hydrogen (secondary N) is 1. The third-order valence-corrected chi connectivity index (χ3v) is 5.85. The van der Waals surface area contributed by atoms with E-state index in [4.69, 9.17) is 0 Å². The van der Waals surface area contributed by atoms with Crippen LogP contribution in [0.3, 0.4) is 0 Å². The number of para-hydroxylation sites is 1. The van der Waals surface area contributed by atoms with Gasteiger partial charge in [0.05, 0.1) is 0 Å². The highest BCUT2D eigenvalue weighted by Gasteiger charge is 2.22. The van der Waals surface area contributed by atoms with Gasteiger partial charge >= 0.3 is 0 Å². The van der Waals surface area contributed by atoms with Crippen molar-refractivity contribution in [2.45, 2.75) is 18.9 Å². The molecular weight excluding hydrogens is 386 g/mol. The number of benzene rings is 2. The molecule has 0 bridgehead atoms. The highest BCUT2D eigenvalue weighted by atomic mass is 16.2. The molecular formula is C25H31N5O. The number of unbranched alkanes of at least 4 members (excludes halogenated alkanes) is 1. The summed E-state index contributed by atoms with van der Waals surface area (Å²) in [7, 11) is 0. The van der Waals surface area contributed by atoms with Crippen molar-refractivity contribution in [1.82, 2.24) is 20.0 Å². The summed E-state index contributed by atoms with van der Waals surface area (Å²) in [6.07, 6.45) is 5.61. The second-order valence-electron chi connectivity index (χ2n) is 7.96. The molecule has 6 nitrogen and oxygen atoms in total. The molecule has 0 aliphatic carbocycles. The van der Waals surface area contributed by atoms with Gasteiger partial charge in [-0.3, -0.25) is 14.4 Å². The summed E-state index contributed by atoms with van der Waals surface area (Å²) in [6, 6.07) is 21.9. The predicted octanol–water partition coefficient (Wildman–Crippen LogP) is 3.19. The van der Waals surface area contributed by atoms with E-state index in [1.54, 1.807) is 10.9 Å². The minimum Gasteiger partial charge on any atom is -0.369 e. The van der Waals surface area contributed by atoms with Crippen molar-refractivity contribution in [3.63, 3.8) is 0 Å². The van der Waals surface area contributed by atoms with Crippen molar-refractivity contribution >= 4 is 11.6 Å². The number of piperazine rings is 1. The molecule has 1 amide bonds. The minimum atomic E-state index is -0.428. The fourth-order valence-corrected chi connectivity index (χ4v) is 4.13. The lowest BCUT2D eigenvalue weighted by atomic mass is 10.1. The van der Waals surface area contributed by atoms with Gasteiger partial charge in [-0.1, -0.05) is 48.5 Å². The Morgan fingerprint density at radius 1 is 0.903 bits per heavy atom. The number of nitrogens with zero attached hydrogens (tertiary/aromatic N) is 4. The Bertz CT molecular complexity index is 906. The standard InChI is InChI=1S/C25H31N5O/c31-25(24(30-17-9-15-27-30)22-10-3-1-4-11-22)26-14-7-8-16-28-18-20-29(21-19-28)23-12-5-2-6-13-23/h1-6,9-13,15,17,24H,7-8,14,16,18-21H2,(H,26,31). The van der Waals surface area contributed by atoms with E-state index < -0.39 is 6.04 Å². The normalized spacial score (nSPS) is 15.5.